The number of aromatic nitrogens is 3. The van der Waals surface area contributed by atoms with Crippen molar-refractivity contribution in [2.24, 2.45) is 18.9 Å². The first kappa shape index (κ1) is 18.3. The van der Waals surface area contributed by atoms with Crippen molar-refractivity contribution in [1.29, 1.82) is 0 Å². The van der Waals surface area contributed by atoms with E-state index in [0.717, 1.165) is 55.6 Å². The Kier molecular flexibility index (Phi) is 5.59. The highest BCUT2D eigenvalue weighted by Crippen LogP contribution is 2.31. The van der Waals surface area contributed by atoms with E-state index in [1.54, 1.807) is 4.68 Å². The average molecular weight is 371 g/mol. The second-order valence-corrected chi connectivity index (χ2v) is 7.69. The zero-order valence-electron chi connectivity index (χ0n) is 16.1. The first-order valence-electron chi connectivity index (χ1n) is 9.87. The van der Waals surface area contributed by atoms with Gasteiger partial charge in [0.25, 0.3) is 0 Å². The maximum absolute atomic E-state index is 6.08. The summed E-state index contributed by atoms with van der Waals surface area (Å²) in [4.78, 5) is 4.51. The Labute approximate surface area is 160 Å². The second kappa shape index (κ2) is 8.27. The van der Waals surface area contributed by atoms with E-state index < -0.39 is 0 Å². The van der Waals surface area contributed by atoms with Crippen LogP contribution >= 0.6 is 0 Å². The van der Waals surface area contributed by atoms with E-state index in [0.29, 0.717) is 11.8 Å². The summed E-state index contributed by atoms with van der Waals surface area (Å²) in [6.45, 7) is 6.78. The fourth-order valence-electron chi connectivity index (χ4n) is 3.86. The van der Waals surface area contributed by atoms with Gasteiger partial charge < -0.3 is 20.1 Å². The lowest BCUT2D eigenvalue weighted by Gasteiger charge is -2.30. The van der Waals surface area contributed by atoms with Crippen LogP contribution in [-0.4, -0.2) is 53.7 Å². The number of hydrogen-bond donors (Lipinski definition) is 2. The molecule has 2 N–H and O–H groups in total. The minimum Gasteiger partial charge on any atom is -0.470 e. The Hall–Kier alpha value is -2.12. The zero-order chi connectivity index (χ0) is 18.6. The fraction of sp³-hybridized carbons (Fsp3) is 0.600. The van der Waals surface area contributed by atoms with Crippen LogP contribution in [0.15, 0.2) is 24.7 Å². The predicted molar refractivity (Wildman–Crippen MR) is 105 cm³/mol. The van der Waals surface area contributed by atoms with Gasteiger partial charge in [0.15, 0.2) is 0 Å². The topological polar surface area (TPSA) is 73.2 Å². The van der Waals surface area contributed by atoms with E-state index in [2.05, 4.69) is 33.7 Å². The number of nitrogens with one attached hydrogen (secondary N) is 2. The standard InChI is InChI=1S/C20H29N5O2/c1-14(15-3-5-26-6-4-15)8-21-11-18-12-22-19-7-16(9-23-20(19)27-18)17-10-24-25(2)13-17/h7,9-10,13-15,18,21-22H,3-6,8,11-12H2,1-2H3. The van der Waals surface area contributed by atoms with Crippen molar-refractivity contribution in [1.82, 2.24) is 20.1 Å². The molecule has 2 aromatic rings. The molecule has 1 fully saturated rings. The van der Waals surface area contributed by atoms with Gasteiger partial charge in [0, 0.05) is 50.3 Å². The summed E-state index contributed by atoms with van der Waals surface area (Å²) in [7, 11) is 1.91. The van der Waals surface area contributed by atoms with Crippen molar-refractivity contribution in [3.8, 4) is 17.0 Å². The molecule has 1 saturated heterocycles. The van der Waals surface area contributed by atoms with Gasteiger partial charge >= 0.3 is 0 Å². The Bertz CT molecular complexity index is 757. The monoisotopic (exact) mass is 371 g/mol. The lowest BCUT2D eigenvalue weighted by molar-refractivity contribution is 0.0490. The molecule has 2 unspecified atom stereocenters. The van der Waals surface area contributed by atoms with Crippen LogP contribution in [0.5, 0.6) is 5.88 Å². The largest absolute Gasteiger partial charge is 0.470 e. The molecule has 0 spiro atoms. The van der Waals surface area contributed by atoms with E-state index in [1.807, 2.05) is 25.6 Å². The SMILES string of the molecule is CC(CNCC1CNc2cc(-c3cnn(C)c3)cnc2O1)C1CCOCC1. The quantitative estimate of drug-likeness (QED) is 0.812. The molecule has 0 radical (unpaired) electrons. The Morgan fingerprint density at radius 3 is 2.93 bits per heavy atom. The molecule has 4 rings (SSSR count). The van der Waals surface area contributed by atoms with Gasteiger partial charge in [-0.15, -0.1) is 0 Å². The Morgan fingerprint density at radius 1 is 1.30 bits per heavy atom. The molecule has 2 atom stereocenters. The normalized spacial score (nSPS) is 21.2. The van der Waals surface area contributed by atoms with Gasteiger partial charge in [-0.3, -0.25) is 4.68 Å². The van der Waals surface area contributed by atoms with Gasteiger partial charge in [0.1, 0.15) is 6.10 Å². The molecule has 146 valence electrons. The molecular weight excluding hydrogens is 342 g/mol. The molecule has 7 nitrogen and oxygen atoms in total. The first-order valence-corrected chi connectivity index (χ1v) is 9.87. The van der Waals surface area contributed by atoms with E-state index in [9.17, 15) is 0 Å². The van der Waals surface area contributed by atoms with Crippen molar-refractivity contribution < 1.29 is 9.47 Å². The maximum atomic E-state index is 6.08. The van der Waals surface area contributed by atoms with Crippen LogP contribution in [0.25, 0.3) is 11.1 Å². The Morgan fingerprint density at radius 2 is 2.15 bits per heavy atom. The smallest absolute Gasteiger partial charge is 0.237 e. The molecule has 7 heteroatoms. The summed E-state index contributed by atoms with van der Waals surface area (Å²) < 4.78 is 13.3. The molecule has 2 aliphatic heterocycles. The van der Waals surface area contributed by atoms with Crippen LogP contribution in [0.3, 0.4) is 0 Å². The third-order valence-electron chi connectivity index (χ3n) is 5.60. The molecule has 2 aromatic heterocycles. The summed E-state index contributed by atoms with van der Waals surface area (Å²) in [6.07, 6.45) is 8.14. The highest BCUT2D eigenvalue weighted by atomic mass is 16.5. The molecule has 0 bridgehead atoms. The highest BCUT2D eigenvalue weighted by molar-refractivity contribution is 5.69. The van der Waals surface area contributed by atoms with Crippen molar-refractivity contribution >= 4 is 5.69 Å². The third kappa shape index (κ3) is 4.42. The van der Waals surface area contributed by atoms with Gasteiger partial charge in [0.05, 0.1) is 18.4 Å². The average Bonchev–Trinajstić information content (AvgIpc) is 3.14. The van der Waals surface area contributed by atoms with Crippen molar-refractivity contribution in [2.75, 3.05) is 38.2 Å². The van der Waals surface area contributed by atoms with Gasteiger partial charge in [-0.05, 0) is 37.3 Å². The number of aryl methyl sites for hydroxylation is 1. The summed E-state index contributed by atoms with van der Waals surface area (Å²) >= 11 is 0. The van der Waals surface area contributed by atoms with Crippen LogP contribution in [0.4, 0.5) is 5.69 Å². The summed E-state index contributed by atoms with van der Waals surface area (Å²) in [5, 5.41) is 11.3. The van der Waals surface area contributed by atoms with E-state index in [-0.39, 0.29) is 6.10 Å². The molecule has 0 aromatic carbocycles. The van der Waals surface area contributed by atoms with Crippen LogP contribution in [0, 0.1) is 11.8 Å². The number of anilines is 1. The van der Waals surface area contributed by atoms with Crippen LogP contribution in [0.2, 0.25) is 0 Å². The zero-order valence-corrected chi connectivity index (χ0v) is 16.1. The van der Waals surface area contributed by atoms with Crippen LogP contribution in [0.1, 0.15) is 19.8 Å². The van der Waals surface area contributed by atoms with Gasteiger partial charge in [0.2, 0.25) is 5.88 Å². The molecule has 0 aliphatic carbocycles. The number of fused-ring (bicyclic) bond motifs is 1. The molecule has 0 amide bonds. The van der Waals surface area contributed by atoms with Crippen molar-refractivity contribution in [3.63, 3.8) is 0 Å². The summed E-state index contributed by atoms with van der Waals surface area (Å²) in [5.74, 6) is 2.11. The molecule has 2 aliphatic rings. The minimum atomic E-state index is 0.0936. The molecule has 27 heavy (non-hydrogen) atoms. The number of ether oxygens (including phenoxy) is 2. The van der Waals surface area contributed by atoms with Gasteiger partial charge in [-0.2, -0.15) is 5.10 Å². The lowest BCUT2D eigenvalue weighted by atomic mass is 9.87. The van der Waals surface area contributed by atoms with Gasteiger partial charge in [-0.1, -0.05) is 6.92 Å². The third-order valence-corrected chi connectivity index (χ3v) is 5.60. The second-order valence-electron chi connectivity index (χ2n) is 7.69. The van der Waals surface area contributed by atoms with E-state index in [4.69, 9.17) is 9.47 Å². The lowest BCUT2D eigenvalue weighted by Crippen LogP contribution is -2.41. The van der Waals surface area contributed by atoms with E-state index in [1.165, 1.54) is 12.8 Å². The summed E-state index contributed by atoms with van der Waals surface area (Å²) in [6, 6.07) is 2.08. The maximum Gasteiger partial charge on any atom is 0.237 e. The Balaban J connectivity index is 1.28. The van der Waals surface area contributed by atoms with E-state index >= 15 is 0 Å². The van der Waals surface area contributed by atoms with Crippen LogP contribution in [-0.2, 0) is 11.8 Å². The van der Waals surface area contributed by atoms with Crippen molar-refractivity contribution in [2.45, 2.75) is 25.9 Å². The number of rotatable bonds is 6. The predicted octanol–water partition coefficient (Wildman–Crippen LogP) is 2.31. The number of hydrogen-bond acceptors (Lipinski definition) is 6. The fourth-order valence-corrected chi connectivity index (χ4v) is 3.86. The van der Waals surface area contributed by atoms with Crippen LogP contribution < -0.4 is 15.4 Å². The molecular formula is C20H29N5O2. The highest BCUT2D eigenvalue weighted by Gasteiger charge is 2.23. The van der Waals surface area contributed by atoms with Gasteiger partial charge in [-0.25, -0.2) is 4.98 Å². The summed E-state index contributed by atoms with van der Waals surface area (Å²) in [5.41, 5.74) is 3.04. The number of nitrogens with zero attached hydrogens (tertiary/aromatic N) is 3. The first-order chi connectivity index (χ1) is 13.2. The molecule has 4 heterocycles. The minimum absolute atomic E-state index is 0.0936. The van der Waals surface area contributed by atoms with Crippen molar-refractivity contribution in [3.05, 3.63) is 24.7 Å². The molecule has 0 saturated carbocycles. The number of pyridine rings is 1.